The van der Waals surface area contributed by atoms with Gasteiger partial charge in [0.05, 0.1) is 12.7 Å². The van der Waals surface area contributed by atoms with E-state index in [-0.39, 0.29) is 17.7 Å². The molecule has 1 aromatic carbocycles. The molecule has 4 rings (SSSR count). The van der Waals surface area contributed by atoms with Crippen LogP contribution in [0.1, 0.15) is 29.6 Å². The number of thiazole rings is 1. The third kappa shape index (κ3) is 4.96. The number of benzene rings is 1. The predicted octanol–water partition coefficient (Wildman–Crippen LogP) is 3.40. The summed E-state index contributed by atoms with van der Waals surface area (Å²) in [4.78, 5) is 36.6. The molecule has 2 aliphatic heterocycles. The maximum Gasteiger partial charge on any atom is 0.257 e. The molecule has 0 N–H and O–H groups in total. The molecule has 2 saturated heterocycles. The van der Waals surface area contributed by atoms with Crippen molar-refractivity contribution in [2.24, 2.45) is 5.92 Å². The highest BCUT2D eigenvalue weighted by atomic mass is 35.5. The molecule has 2 aliphatic rings. The number of nitrogens with zero attached hydrogens (tertiary/aromatic N) is 4. The van der Waals surface area contributed by atoms with Gasteiger partial charge in [0, 0.05) is 61.8 Å². The van der Waals surface area contributed by atoms with E-state index in [4.69, 9.17) is 16.3 Å². The van der Waals surface area contributed by atoms with E-state index < -0.39 is 0 Å². The molecule has 0 spiro atoms. The predicted molar refractivity (Wildman–Crippen MR) is 122 cm³/mol. The normalized spacial score (nSPS) is 18.1. The van der Waals surface area contributed by atoms with Gasteiger partial charge in [0.25, 0.3) is 5.91 Å². The lowest BCUT2D eigenvalue weighted by Crippen LogP contribution is -2.45. The van der Waals surface area contributed by atoms with Gasteiger partial charge in [-0.2, -0.15) is 0 Å². The van der Waals surface area contributed by atoms with E-state index in [2.05, 4.69) is 9.88 Å². The van der Waals surface area contributed by atoms with E-state index >= 15 is 0 Å². The Bertz CT molecular complexity index is 915. The maximum absolute atomic E-state index is 13.1. The summed E-state index contributed by atoms with van der Waals surface area (Å²) in [6, 6.07) is 5.06. The summed E-state index contributed by atoms with van der Waals surface area (Å²) in [5, 5.41) is 3.51. The van der Waals surface area contributed by atoms with Crippen LogP contribution in [-0.4, -0.2) is 73.0 Å². The standard InChI is InChI=1S/C22H27ClN4O3S/c1-30-19-4-3-17(23)15-18(19)21(29)26-10-5-16(6-11-26)20(28)25-8-2-9-27(13-12-25)22-24-7-14-31-22/h3-4,7,14-16H,2,5-6,8-13H2,1H3. The quantitative estimate of drug-likeness (QED) is 0.696. The van der Waals surface area contributed by atoms with Crippen LogP contribution in [0, 0.1) is 5.92 Å². The van der Waals surface area contributed by atoms with Gasteiger partial charge in [0.1, 0.15) is 5.75 Å². The van der Waals surface area contributed by atoms with Crippen molar-refractivity contribution in [2.75, 3.05) is 51.3 Å². The average molecular weight is 463 g/mol. The smallest absolute Gasteiger partial charge is 0.257 e. The van der Waals surface area contributed by atoms with Gasteiger partial charge in [-0.3, -0.25) is 9.59 Å². The number of carbonyl (C=O) groups is 2. The zero-order valence-electron chi connectivity index (χ0n) is 17.6. The third-order valence-corrected chi connectivity index (χ3v) is 7.09. The van der Waals surface area contributed by atoms with E-state index in [1.165, 1.54) is 0 Å². The first-order chi connectivity index (χ1) is 15.1. The first kappa shape index (κ1) is 21.9. The summed E-state index contributed by atoms with van der Waals surface area (Å²) in [5.41, 5.74) is 0.467. The van der Waals surface area contributed by atoms with Crippen molar-refractivity contribution < 1.29 is 14.3 Å². The Morgan fingerprint density at radius 1 is 1.10 bits per heavy atom. The summed E-state index contributed by atoms with van der Waals surface area (Å²) in [5.74, 6) is 0.603. The van der Waals surface area contributed by atoms with Gasteiger partial charge in [-0.25, -0.2) is 4.98 Å². The van der Waals surface area contributed by atoms with Crippen LogP contribution in [-0.2, 0) is 4.79 Å². The number of amides is 2. The number of anilines is 1. The van der Waals surface area contributed by atoms with Crippen molar-refractivity contribution in [3.63, 3.8) is 0 Å². The van der Waals surface area contributed by atoms with Gasteiger partial charge in [-0.15, -0.1) is 11.3 Å². The first-order valence-electron chi connectivity index (χ1n) is 10.6. The number of hydrogen-bond donors (Lipinski definition) is 0. The Balaban J connectivity index is 1.33. The Hall–Kier alpha value is -2.32. The molecule has 0 saturated carbocycles. The van der Waals surface area contributed by atoms with E-state index in [1.807, 2.05) is 16.5 Å². The zero-order valence-corrected chi connectivity index (χ0v) is 19.2. The van der Waals surface area contributed by atoms with Crippen molar-refractivity contribution in [1.29, 1.82) is 0 Å². The van der Waals surface area contributed by atoms with Gasteiger partial charge in [0.2, 0.25) is 5.91 Å². The summed E-state index contributed by atoms with van der Waals surface area (Å²) < 4.78 is 5.32. The molecular weight excluding hydrogens is 436 g/mol. The maximum atomic E-state index is 13.1. The molecule has 0 aliphatic carbocycles. The van der Waals surface area contributed by atoms with Crippen molar-refractivity contribution >= 4 is 39.9 Å². The number of aromatic nitrogens is 1. The first-order valence-corrected chi connectivity index (χ1v) is 11.9. The Morgan fingerprint density at radius 2 is 1.90 bits per heavy atom. The number of rotatable bonds is 4. The molecule has 0 radical (unpaired) electrons. The number of carbonyl (C=O) groups excluding carboxylic acids is 2. The van der Waals surface area contributed by atoms with Crippen molar-refractivity contribution in [3.05, 3.63) is 40.4 Å². The Labute approximate surface area is 191 Å². The zero-order chi connectivity index (χ0) is 21.8. The van der Waals surface area contributed by atoms with E-state index in [9.17, 15) is 9.59 Å². The highest BCUT2D eigenvalue weighted by molar-refractivity contribution is 7.13. The molecule has 2 aromatic rings. The number of ether oxygens (including phenoxy) is 1. The lowest BCUT2D eigenvalue weighted by Gasteiger charge is -2.34. The average Bonchev–Trinajstić information content (AvgIpc) is 3.23. The lowest BCUT2D eigenvalue weighted by molar-refractivity contribution is -0.136. The number of piperidine rings is 1. The minimum Gasteiger partial charge on any atom is -0.496 e. The third-order valence-electron chi connectivity index (χ3n) is 6.02. The second-order valence-corrected chi connectivity index (χ2v) is 9.20. The fourth-order valence-corrected chi connectivity index (χ4v) is 5.18. The summed E-state index contributed by atoms with van der Waals surface area (Å²) in [6.07, 6.45) is 4.12. The number of hydrogen-bond acceptors (Lipinski definition) is 6. The number of methoxy groups -OCH3 is 1. The summed E-state index contributed by atoms with van der Waals surface area (Å²) >= 11 is 7.72. The lowest BCUT2D eigenvalue weighted by atomic mass is 9.94. The molecule has 166 valence electrons. The van der Waals surface area contributed by atoms with Gasteiger partial charge in [-0.1, -0.05) is 11.6 Å². The molecule has 1 aromatic heterocycles. The van der Waals surface area contributed by atoms with Crippen LogP contribution in [0.25, 0.3) is 0 Å². The Morgan fingerprint density at radius 3 is 2.61 bits per heavy atom. The van der Waals surface area contributed by atoms with E-state index in [1.54, 1.807) is 41.5 Å². The molecule has 3 heterocycles. The van der Waals surface area contributed by atoms with E-state index in [0.29, 0.717) is 42.3 Å². The van der Waals surface area contributed by atoms with Crippen LogP contribution in [0.4, 0.5) is 5.13 Å². The monoisotopic (exact) mass is 462 g/mol. The minimum atomic E-state index is -0.0980. The van der Waals surface area contributed by atoms with E-state index in [0.717, 1.165) is 37.7 Å². The van der Waals surface area contributed by atoms with Crippen molar-refractivity contribution in [3.8, 4) is 5.75 Å². The number of halogens is 1. The highest BCUT2D eigenvalue weighted by Gasteiger charge is 2.32. The van der Waals surface area contributed by atoms with Crippen LogP contribution < -0.4 is 9.64 Å². The van der Waals surface area contributed by atoms with Crippen LogP contribution in [0.2, 0.25) is 5.02 Å². The molecule has 9 heteroatoms. The van der Waals surface area contributed by atoms with Crippen molar-refractivity contribution in [1.82, 2.24) is 14.8 Å². The van der Waals surface area contributed by atoms with Gasteiger partial charge in [-0.05, 0) is 37.5 Å². The van der Waals surface area contributed by atoms with Gasteiger partial charge >= 0.3 is 0 Å². The summed E-state index contributed by atoms with van der Waals surface area (Å²) in [7, 11) is 1.54. The molecular formula is C22H27ClN4O3S. The summed E-state index contributed by atoms with van der Waals surface area (Å²) in [6.45, 7) is 4.35. The van der Waals surface area contributed by atoms with Gasteiger partial charge < -0.3 is 19.4 Å². The van der Waals surface area contributed by atoms with Crippen LogP contribution in [0.15, 0.2) is 29.8 Å². The Kier molecular flexibility index (Phi) is 6.97. The highest BCUT2D eigenvalue weighted by Crippen LogP contribution is 2.27. The molecule has 2 fully saturated rings. The molecule has 0 bridgehead atoms. The second kappa shape index (κ2) is 9.87. The van der Waals surface area contributed by atoms with Crippen LogP contribution in [0.3, 0.4) is 0 Å². The van der Waals surface area contributed by atoms with Crippen molar-refractivity contribution in [2.45, 2.75) is 19.3 Å². The second-order valence-electron chi connectivity index (χ2n) is 7.89. The minimum absolute atomic E-state index is 0.0308. The topological polar surface area (TPSA) is 66.0 Å². The van der Waals surface area contributed by atoms with Crippen LogP contribution >= 0.6 is 22.9 Å². The largest absolute Gasteiger partial charge is 0.496 e. The fourth-order valence-electron chi connectivity index (χ4n) is 4.31. The number of likely N-dealkylation sites (tertiary alicyclic amines) is 1. The van der Waals surface area contributed by atoms with Gasteiger partial charge in [0.15, 0.2) is 5.13 Å². The van der Waals surface area contributed by atoms with Crippen LogP contribution in [0.5, 0.6) is 5.75 Å². The molecule has 0 unspecified atom stereocenters. The molecule has 0 atom stereocenters. The molecule has 31 heavy (non-hydrogen) atoms. The molecule has 2 amide bonds. The SMILES string of the molecule is COc1ccc(Cl)cc1C(=O)N1CCC(C(=O)N2CCCN(c3nccs3)CC2)CC1. The fraction of sp³-hybridized carbons (Fsp3) is 0.500. The molecule has 7 nitrogen and oxygen atoms in total.